The standard InChI is InChI=1S/C11H21ClN2/c1-10(12)8-13-9-11(2)14-6-4-3-5-7-14/h11,13H,1,3-9H2,2H3. The van der Waals surface area contributed by atoms with Crippen molar-refractivity contribution in [3.05, 3.63) is 11.6 Å². The van der Waals surface area contributed by atoms with Gasteiger partial charge in [-0.2, -0.15) is 0 Å². The van der Waals surface area contributed by atoms with Crippen LogP contribution in [0.4, 0.5) is 0 Å². The zero-order chi connectivity index (χ0) is 10.4. The van der Waals surface area contributed by atoms with Crippen molar-refractivity contribution in [2.45, 2.75) is 32.2 Å². The van der Waals surface area contributed by atoms with E-state index in [1.165, 1.54) is 32.4 Å². The first-order valence-corrected chi connectivity index (χ1v) is 5.86. The summed E-state index contributed by atoms with van der Waals surface area (Å²) in [6.07, 6.45) is 4.11. The molecule has 1 saturated heterocycles. The molecule has 3 heteroatoms. The van der Waals surface area contributed by atoms with Gasteiger partial charge in [-0.05, 0) is 32.9 Å². The van der Waals surface area contributed by atoms with Crippen LogP contribution in [0.1, 0.15) is 26.2 Å². The van der Waals surface area contributed by atoms with Crippen LogP contribution in [0.3, 0.4) is 0 Å². The first-order chi connectivity index (χ1) is 6.70. The van der Waals surface area contributed by atoms with Gasteiger partial charge in [0.15, 0.2) is 0 Å². The van der Waals surface area contributed by atoms with Crippen LogP contribution >= 0.6 is 11.6 Å². The minimum Gasteiger partial charge on any atom is -0.310 e. The van der Waals surface area contributed by atoms with E-state index in [-0.39, 0.29) is 0 Å². The SMILES string of the molecule is C=C(Cl)CNCC(C)N1CCCCC1. The van der Waals surface area contributed by atoms with E-state index in [1.807, 2.05) is 0 Å². The highest BCUT2D eigenvalue weighted by molar-refractivity contribution is 6.29. The number of hydrogen-bond acceptors (Lipinski definition) is 2. The molecule has 0 amide bonds. The predicted molar refractivity (Wildman–Crippen MR) is 62.7 cm³/mol. The van der Waals surface area contributed by atoms with Gasteiger partial charge in [0, 0.05) is 24.2 Å². The van der Waals surface area contributed by atoms with Gasteiger partial charge in [0.2, 0.25) is 0 Å². The van der Waals surface area contributed by atoms with Gasteiger partial charge in [-0.15, -0.1) is 0 Å². The molecule has 1 aliphatic rings. The van der Waals surface area contributed by atoms with Gasteiger partial charge in [-0.25, -0.2) is 0 Å². The number of hydrogen-bond donors (Lipinski definition) is 1. The van der Waals surface area contributed by atoms with E-state index in [0.29, 0.717) is 11.1 Å². The maximum atomic E-state index is 5.68. The van der Waals surface area contributed by atoms with Crippen molar-refractivity contribution in [3.8, 4) is 0 Å². The molecule has 1 rings (SSSR count). The lowest BCUT2D eigenvalue weighted by atomic mass is 10.1. The van der Waals surface area contributed by atoms with Crippen LogP contribution < -0.4 is 5.32 Å². The van der Waals surface area contributed by atoms with E-state index in [1.54, 1.807) is 0 Å². The second kappa shape index (κ2) is 6.44. The summed E-state index contributed by atoms with van der Waals surface area (Å²) >= 11 is 5.68. The molecule has 1 aliphatic heterocycles. The number of likely N-dealkylation sites (tertiary alicyclic amines) is 1. The summed E-state index contributed by atoms with van der Waals surface area (Å²) in [5, 5.41) is 4.00. The quantitative estimate of drug-likeness (QED) is 0.758. The summed E-state index contributed by atoms with van der Waals surface area (Å²) in [7, 11) is 0. The first-order valence-electron chi connectivity index (χ1n) is 5.48. The van der Waals surface area contributed by atoms with Crippen LogP contribution in [0.2, 0.25) is 0 Å². The minimum absolute atomic E-state index is 0.617. The molecule has 2 nitrogen and oxygen atoms in total. The fraction of sp³-hybridized carbons (Fsp3) is 0.818. The molecule has 0 aromatic carbocycles. The Kier molecular flexibility index (Phi) is 5.53. The smallest absolute Gasteiger partial charge is 0.0308 e. The van der Waals surface area contributed by atoms with E-state index < -0.39 is 0 Å². The van der Waals surface area contributed by atoms with Crippen molar-refractivity contribution in [1.29, 1.82) is 0 Å². The molecule has 82 valence electrons. The first kappa shape index (κ1) is 12.0. The van der Waals surface area contributed by atoms with Gasteiger partial charge in [0.25, 0.3) is 0 Å². The van der Waals surface area contributed by atoms with Gasteiger partial charge >= 0.3 is 0 Å². The maximum Gasteiger partial charge on any atom is 0.0308 e. The van der Waals surface area contributed by atoms with Gasteiger partial charge in [-0.3, -0.25) is 4.90 Å². The summed E-state index contributed by atoms with van der Waals surface area (Å²) in [6.45, 7) is 10.2. The highest BCUT2D eigenvalue weighted by atomic mass is 35.5. The topological polar surface area (TPSA) is 15.3 Å². The average Bonchev–Trinajstić information content (AvgIpc) is 2.18. The van der Waals surface area contributed by atoms with Gasteiger partial charge < -0.3 is 5.32 Å². The monoisotopic (exact) mass is 216 g/mol. The van der Waals surface area contributed by atoms with Crippen molar-refractivity contribution in [3.63, 3.8) is 0 Å². The number of halogens is 1. The number of nitrogens with zero attached hydrogens (tertiary/aromatic N) is 1. The Balaban J connectivity index is 2.13. The zero-order valence-corrected chi connectivity index (χ0v) is 9.82. The lowest BCUT2D eigenvalue weighted by Gasteiger charge is -2.32. The van der Waals surface area contributed by atoms with Crippen molar-refractivity contribution in [2.75, 3.05) is 26.2 Å². The van der Waals surface area contributed by atoms with Crippen molar-refractivity contribution < 1.29 is 0 Å². The third-order valence-corrected chi connectivity index (χ3v) is 2.90. The Hall–Kier alpha value is -0.0500. The number of nitrogens with one attached hydrogen (secondary N) is 1. The normalized spacial score (nSPS) is 20.7. The fourth-order valence-electron chi connectivity index (χ4n) is 1.90. The van der Waals surface area contributed by atoms with E-state index >= 15 is 0 Å². The molecule has 1 N–H and O–H groups in total. The van der Waals surface area contributed by atoms with Gasteiger partial charge in [0.1, 0.15) is 0 Å². The molecule has 0 bridgehead atoms. The number of piperidine rings is 1. The molecule has 14 heavy (non-hydrogen) atoms. The third-order valence-electron chi connectivity index (χ3n) is 2.77. The van der Waals surface area contributed by atoms with Gasteiger partial charge in [0.05, 0.1) is 0 Å². The average molecular weight is 217 g/mol. The summed E-state index contributed by atoms with van der Waals surface area (Å²) in [5.41, 5.74) is 0. The van der Waals surface area contributed by atoms with E-state index in [2.05, 4.69) is 23.7 Å². The van der Waals surface area contributed by atoms with Crippen molar-refractivity contribution >= 4 is 11.6 Å². The molecular weight excluding hydrogens is 196 g/mol. The van der Waals surface area contributed by atoms with Crippen molar-refractivity contribution in [2.24, 2.45) is 0 Å². The Morgan fingerprint density at radius 2 is 2.07 bits per heavy atom. The molecule has 0 aromatic heterocycles. The molecule has 0 aliphatic carbocycles. The maximum absolute atomic E-state index is 5.68. The molecule has 0 radical (unpaired) electrons. The second-order valence-corrected chi connectivity index (χ2v) is 4.63. The molecule has 1 heterocycles. The molecular formula is C11H21ClN2. The van der Waals surface area contributed by atoms with Crippen molar-refractivity contribution in [1.82, 2.24) is 10.2 Å². The summed E-state index contributed by atoms with van der Waals surface area (Å²) in [6, 6.07) is 0.617. The Labute approximate surface area is 92.3 Å². The Morgan fingerprint density at radius 1 is 1.43 bits per heavy atom. The highest BCUT2D eigenvalue weighted by Crippen LogP contribution is 2.11. The van der Waals surface area contributed by atoms with E-state index in [9.17, 15) is 0 Å². The lowest BCUT2D eigenvalue weighted by Crippen LogP contribution is -2.43. The van der Waals surface area contributed by atoms with Crippen LogP contribution in [0.15, 0.2) is 11.6 Å². The molecule has 1 fully saturated rings. The largest absolute Gasteiger partial charge is 0.310 e. The highest BCUT2D eigenvalue weighted by Gasteiger charge is 2.15. The van der Waals surface area contributed by atoms with E-state index in [0.717, 1.165) is 13.1 Å². The molecule has 1 atom stereocenters. The summed E-state index contributed by atoms with van der Waals surface area (Å²) in [4.78, 5) is 2.55. The van der Waals surface area contributed by atoms with E-state index in [4.69, 9.17) is 11.6 Å². The van der Waals surface area contributed by atoms with Crippen LogP contribution in [-0.2, 0) is 0 Å². The zero-order valence-electron chi connectivity index (χ0n) is 9.06. The predicted octanol–water partition coefficient (Wildman–Crippen LogP) is 2.20. The summed E-state index contributed by atoms with van der Waals surface area (Å²) in [5.74, 6) is 0. The number of rotatable bonds is 5. The minimum atomic E-state index is 0.617. The van der Waals surface area contributed by atoms with Crippen LogP contribution in [0.25, 0.3) is 0 Å². The Morgan fingerprint density at radius 3 is 2.64 bits per heavy atom. The molecule has 0 aromatic rings. The van der Waals surface area contributed by atoms with Crippen LogP contribution in [0.5, 0.6) is 0 Å². The molecule has 1 unspecified atom stereocenters. The van der Waals surface area contributed by atoms with Gasteiger partial charge in [-0.1, -0.05) is 24.6 Å². The summed E-state index contributed by atoms with van der Waals surface area (Å²) < 4.78 is 0. The lowest BCUT2D eigenvalue weighted by molar-refractivity contribution is 0.172. The van der Waals surface area contributed by atoms with Crippen LogP contribution in [0, 0.1) is 0 Å². The molecule has 0 saturated carbocycles. The third kappa shape index (κ3) is 4.45. The second-order valence-electron chi connectivity index (χ2n) is 4.09. The Bertz CT molecular complexity index is 176. The molecule has 0 spiro atoms. The van der Waals surface area contributed by atoms with Crippen LogP contribution in [-0.4, -0.2) is 37.1 Å². The fourth-order valence-corrected chi connectivity index (χ4v) is 2.00.